The Bertz CT molecular complexity index is 2330. The summed E-state index contributed by atoms with van der Waals surface area (Å²) in [5, 5.41) is 2.67. The van der Waals surface area contributed by atoms with Crippen molar-refractivity contribution in [2.45, 2.75) is 19.3 Å². The molecule has 0 aliphatic heterocycles. The molecule has 0 spiro atoms. The maximum Gasteiger partial charge on any atom is 0.0643 e. The van der Waals surface area contributed by atoms with Crippen molar-refractivity contribution in [1.82, 2.24) is 0 Å². The van der Waals surface area contributed by atoms with Crippen molar-refractivity contribution in [3.8, 4) is 11.1 Å². The SMILES string of the molecule is CC1(C)c2cc(N(c3ccccc3)c3ccccc3)ccc2-c2c1cc(N(c1ccccc1)c1ccccc1)c1sc3ccccc3c21. The number of hydrogen-bond donors (Lipinski definition) is 0. The Kier molecular flexibility index (Phi) is 6.70. The Morgan fingerprint density at radius 3 is 1.52 bits per heavy atom. The van der Waals surface area contributed by atoms with E-state index in [1.165, 1.54) is 48.1 Å². The average molecular weight is 635 g/mol. The predicted octanol–water partition coefficient (Wildman–Crippen LogP) is 13.3. The minimum absolute atomic E-state index is 0.231. The molecule has 2 nitrogen and oxygen atoms in total. The van der Waals surface area contributed by atoms with Gasteiger partial charge < -0.3 is 9.80 Å². The van der Waals surface area contributed by atoms with Crippen molar-refractivity contribution in [1.29, 1.82) is 0 Å². The molecule has 230 valence electrons. The quantitative estimate of drug-likeness (QED) is 0.180. The summed E-state index contributed by atoms with van der Waals surface area (Å²) < 4.78 is 2.62. The molecule has 3 heteroatoms. The Hall–Kier alpha value is -5.64. The van der Waals surface area contributed by atoms with Gasteiger partial charge in [0.05, 0.1) is 10.4 Å². The van der Waals surface area contributed by atoms with Crippen molar-refractivity contribution in [3.63, 3.8) is 0 Å². The first kappa shape index (κ1) is 28.6. The molecule has 0 fully saturated rings. The predicted molar refractivity (Wildman–Crippen MR) is 206 cm³/mol. The highest BCUT2D eigenvalue weighted by molar-refractivity contribution is 7.26. The fourth-order valence-electron chi connectivity index (χ4n) is 7.56. The van der Waals surface area contributed by atoms with Crippen LogP contribution in [0.1, 0.15) is 25.0 Å². The standard InChI is InChI=1S/C45H34N2S/c1-45(2)38-29-35(46(31-17-7-3-8-18-31)32-19-9-4-10-20-32)27-28-36(38)42-39(45)30-40(44-43(42)37-25-15-16-26-41(37)48-44)47(33-21-11-5-12-22-33)34-23-13-6-14-24-34/h3-30H,1-2H3. The molecular weight excluding hydrogens is 601 g/mol. The maximum absolute atomic E-state index is 2.48. The molecule has 1 heterocycles. The van der Waals surface area contributed by atoms with Crippen molar-refractivity contribution in [3.05, 3.63) is 181 Å². The van der Waals surface area contributed by atoms with E-state index in [-0.39, 0.29) is 5.41 Å². The molecule has 0 bridgehead atoms. The van der Waals surface area contributed by atoms with E-state index in [0.29, 0.717) is 0 Å². The van der Waals surface area contributed by atoms with Crippen LogP contribution in [0.3, 0.4) is 0 Å². The summed E-state index contributed by atoms with van der Waals surface area (Å²) in [6, 6.07) is 61.5. The number of rotatable bonds is 6. The van der Waals surface area contributed by atoms with Gasteiger partial charge in [0, 0.05) is 49.3 Å². The Morgan fingerprint density at radius 1 is 0.458 bits per heavy atom. The second kappa shape index (κ2) is 11.3. The number of hydrogen-bond acceptors (Lipinski definition) is 3. The van der Waals surface area contributed by atoms with Gasteiger partial charge in [-0.3, -0.25) is 0 Å². The number of anilines is 6. The summed E-state index contributed by atoms with van der Waals surface area (Å²) in [7, 11) is 0. The van der Waals surface area contributed by atoms with Gasteiger partial charge in [0.1, 0.15) is 0 Å². The molecule has 0 radical (unpaired) electrons. The highest BCUT2D eigenvalue weighted by Crippen LogP contribution is 2.58. The van der Waals surface area contributed by atoms with E-state index in [4.69, 9.17) is 0 Å². The van der Waals surface area contributed by atoms with Gasteiger partial charge in [-0.1, -0.05) is 111 Å². The van der Waals surface area contributed by atoms with Gasteiger partial charge in [0.25, 0.3) is 0 Å². The highest BCUT2D eigenvalue weighted by atomic mass is 32.1. The molecule has 0 saturated heterocycles. The van der Waals surface area contributed by atoms with Crippen molar-refractivity contribution in [2.75, 3.05) is 9.80 Å². The lowest BCUT2D eigenvalue weighted by Crippen LogP contribution is -2.17. The van der Waals surface area contributed by atoms with E-state index in [9.17, 15) is 0 Å². The minimum Gasteiger partial charge on any atom is -0.310 e. The third-order valence-electron chi connectivity index (χ3n) is 9.80. The summed E-state index contributed by atoms with van der Waals surface area (Å²) >= 11 is 1.90. The Labute approximate surface area is 285 Å². The van der Waals surface area contributed by atoms with Gasteiger partial charge in [-0.15, -0.1) is 11.3 Å². The number of benzene rings is 7. The largest absolute Gasteiger partial charge is 0.310 e. The summed E-state index contributed by atoms with van der Waals surface area (Å²) in [4.78, 5) is 4.81. The average Bonchev–Trinajstić information content (AvgIpc) is 3.63. The van der Waals surface area contributed by atoms with Crippen LogP contribution in [0.4, 0.5) is 34.1 Å². The monoisotopic (exact) mass is 634 g/mol. The molecule has 9 rings (SSSR count). The molecule has 7 aromatic carbocycles. The molecule has 1 aromatic heterocycles. The smallest absolute Gasteiger partial charge is 0.0643 e. The maximum atomic E-state index is 2.48. The van der Waals surface area contributed by atoms with Crippen LogP contribution in [-0.4, -0.2) is 0 Å². The molecule has 0 unspecified atom stereocenters. The first-order valence-corrected chi connectivity index (χ1v) is 17.4. The normalized spacial score (nSPS) is 13.0. The van der Waals surface area contributed by atoms with E-state index in [2.05, 4.69) is 194 Å². The van der Waals surface area contributed by atoms with Gasteiger partial charge in [-0.2, -0.15) is 0 Å². The summed E-state index contributed by atoms with van der Waals surface area (Å²) in [6.45, 7) is 4.80. The molecule has 0 amide bonds. The third kappa shape index (κ3) is 4.46. The van der Waals surface area contributed by atoms with Crippen LogP contribution in [-0.2, 0) is 5.41 Å². The van der Waals surface area contributed by atoms with Gasteiger partial charge in [-0.25, -0.2) is 0 Å². The van der Waals surface area contributed by atoms with E-state index in [1.807, 2.05) is 11.3 Å². The zero-order valence-electron chi connectivity index (χ0n) is 27.0. The number of nitrogens with zero attached hydrogens (tertiary/aromatic N) is 2. The number of fused-ring (bicyclic) bond motifs is 7. The lowest BCUT2D eigenvalue weighted by atomic mass is 9.81. The van der Waals surface area contributed by atoms with Crippen LogP contribution < -0.4 is 9.80 Å². The van der Waals surface area contributed by atoms with Crippen molar-refractivity contribution < 1.29 is 0 Å². The molecule has 8 aromatic rings. The summed E-state index contributed by atoms with van der Waals surface area (Å²) in [5.74, 6) is 0. The molecule has 48 heavy (non-hydrogen) atoms. The fourth-order valence-corrected chi connectivity index (χ4v) is 8.77. The first-order chi connectivity index (χ1) is 23.6. The second-order valence-electron chi connectivity index (χ2n) is 13.0. The minimum atomic E-state index is -0.231. The highest BCUT2D eigenvalue weighted by Gasteiger charge is 2.39. The van der Waals surface area contributed by atoms with Crippen LogP contribution in [0.5, 0.6) is 0 Å². The van der Waals surface area contributed by atoms with Gasteiger partial charge in [-0.05, 0) is 95.1 Å². The van der Waals surface area contributed by atoms with Crippen LogP contribution in [0.25, 0.3) is 31.3 Å². The number of thiophene rings is 1. The fraction of sp³-hybridized carbons (Fsp3) is 0.0667. The molecule has 0 N–H and O–H groups in total. The van der Waals surface area contributed by atoms with E-state index < -0.39 is 0 Å². The molecule has 1 aliphatic rings. The zero-order chi connectivity index (χ0) is 32.2. The molecule has 0 saturated carbocycles. The van der Waals surface area contributed by atoms with Crippen molar-refractivity contribution in [2.24, 2.45) is 0 Å². The Balaban J connectivity index is 1.32. The molecular formula is C45H34N2S. The van der Waals surface area contributed by atoms with Crippen LogP contribution in [0, 0.1) is 0 Å². The number of para-hydroxylation sites is 4. The first-order valence-electron chi connectivity index (χ1n) is 16.5. The van der Waals surface area contributed by atoms with E-state index in [0.717, 1.165) is 28.4 Å². The van der Waals surface area contributed by atoms with Crippen LogP contribution in [0.15, 0.2) is 170 Å². The lowest BCUT2D eigenvalue weighted by molar-refractivity contribution is 0.661. The van der Waals surface area contributed by atoms with E-state index >= 15 is 0 Å². The summed E-state index contributed by atoms with van der Waals surface area (Å²) in [5.41, 5.74) is 12.2. The van der Waals surface area contributed by atoms with Gasteiger partial charge in [0.15, 0.2) is 0 Å². The molecule has 1 aliphatic carbocycles. The van der Waals surface area contributed by atoms with Crippen LogP contribution >= 0.6 is 11.3 Å². The van der Waals surface area contributed by atoms with Gasteiger partial charge in [0.2, 0.25) is 0 Å². The lowest BCUT2D eigenvalue weighted by Gasteiger charge is -2.29. The van der Waals surface area contributed by atoms with Crippen molar-refractivity contribution >= 4 is 65.6 Å². The van der Waals surface area contributed by atoms with Crippen LogP contribution in [0.2, 0.25) is 0 Å². The Morgan fingerprint density at radius 2 is 0.958 bits per heavy atom. The zero-order valence-corrected chi connectivity index (χ0v) is 27.8. The van der Waals surface area contributed by atoms with E-state index in [1.54, 1.807) is 0 Å². The molecule has 0 atom stereocenters. The topological polar surface area (TPSA) is 6.48 Å². The second-order valence-corrected chi connectivity index (χ2v) is 14.0. The summed E-state index contributed by atoms with van der Waals surface area (Å²) in [6.07, 6.45) is 0. The third-order valence-corrected chi connectivity index (χ3v) is 11.0. The van der Waals surface area contributed by atoms with Gasteiger partial charge >= 0.3 is 0 Å².